The van der Waals surface area contributed by atoms with E-state index in [4.69, 9.17) is 5.26 Å². The van der Waals surface area contributed by atoms with Crippen LogP contribution in [0.1, 0.15) is 29.8 Å². The molecule has 38 heavy (non-hydrogen) atoms. The first-order valence-corrected chi connectivity index (χ1v) is 13.6. The maximum absolute atomic E-state index is 13.7. The molecule has 1 aliphatic rings. The van der Waals surface area contributed by atoms with E-state index in [0.717, 1.165) is 11.8 Å². The van der Waals surface area contributed by atoms with Crippen LogP contribution in [0.15, 0.2) is 59.5 Å². The number of nitrogens with zero attached hydrogens (tertiary/aromatic N) is 4. The number of hydrogen-bond acceptors (Lipinski definition) is 7. The Hall–Kier alpha value is -3.98. The first-order valence-electron chi connectivity index (χ1n) is 11.8. The van der Waals surface area contributed by atoms with E-state index < -0.39 is 27.9 Å². The first kappa shape index (κ1) is 27.1. The topological polar surface area (TPSA) is 116 Å². The molecule has 0 bridgehead atoms. The third-order valence-electron chi connectivity index (χ3n) is 6.19. The normalized spacial score (nSPS) is 15.8. The van der Waals surface area contributed by atoms with E-state index in [9.17, 15) is 26.4 Å². The summed E-state index contributed by atoms with van der Waals surface area (Å²) in [5.41, 5.74) is 1.72. The third kappa shape index (κ3) is 6.28. The molecule has 2 heterocycles. The second-order valence-corrected chi connectivity index (χ2v) is 10.9. The van der Waals surface area contributed by atoms with E-state index in [-0.39, 0.29) is 27.9 Å². The van der Waals surface area contributed by atoms with Gasteiger partial charge >= 0.3 is 6.18 Å². The summed E-state index contributed by atoms with van der Waals surface area (Å²) < 4.78 is 64.5. The number of carbonyl (C=O) groups excluding carboxylic acids is 1. The van der Waals surface area contributed by atoms with Gasteiger partial charge in [0.2, 0.25) is 11.7 Å². The fraction of sp³-hybridized carbons (Fsp3) is 0.308. The number of halogens is 3. The van der Waals surface area contributed by atoms with Gasteiger partial charge in [0.05, 0.1) is 22.2 Å². The van der Waals surface area contributed by atoms with Crippen LogP contribution in [0.4, 0.5) is 19.0 Å². The fourth-order valence-corrected chi connectivity index (χ4v) is 4.87. The van der Waals surface area contributed by atoms with Crippen LogP contribution in [0.3, 0.4) is 0 Å². The zero-order chi connectivity index (χ0) is 27.5. The lowest BCUT2D eigenvalue weighted by Gasteiger charge is -2.26. The van der Waals surface area contributed by atoms with Crippen molar-refractivity contribution in [1.82, 2.24) is 15.3 Å². The van der Waals surface area contributed by atoms with Gasteiger partial charge in [0, 0.05) is 31.0 Å². The highest BCUT2D eigenvalue weighted by molar-refractivity contribution is 7.90. The van der Waals surface area contributed by atoms with Crippen LogP contribution in [0, 0.1) is 11.3 Å². The van der Waals surface area contributed by atoms with Gasteiger partial charge < -0.3 is 10.2 Å². The molecule has 1 fully saturated rings. The lowest BCUT2D eigenvalue weighted by molar-refractivity contribution is -0.144. The molecule has 8 nitrogen and oxygen atoms in total. The number of amides is 1. The molecule has 1 saturated heterocycles. The number of rotatable bonds is 7. The Morgan fingerprint density at radius 2 is 1.82 bits per heavy atom. The molecule has 1 N–H and O–H groups in total. The fourth-order valence-electron chi connectivity index (χ4n) is 4.24. The predicted molar refractivity (Wildman–Crippen MR) is 134 cm³/mol. The summed E-state index contributed by atoms with van der Waals surface area (Å²) in [5, 5.41) is 11.7. The summed E-state index contributed by atoms with van der Waals surface area (Å²) in [4.78, 5) is 21.9. The minimum absolute atomic E-state index is 0.0285. The molecular weight excluding hydrogens is 519 g/mol. The molecule has 1 atom stereocenters. The molecule has 0 spiro atoms. The highest BCUT2D eigenvalue weighted by atomic mass is 32.2. The molecule has 0 saturated carbocycles. The van der Waals surface area contributed by atoms with Crippen molar-refractivity contribution in [2.45, 2.75) is 36.4 Å². The Bertz CT molecular complexity index is 1470. The Kier molecular flexibility index (Phi) is 7.68. The molecule has 0 unspecified atom stereocenters. The Balaban J connectivity index is 1.55. The quantitative estimate of drug-likeness (QED) is 0.482. The minimum atomic E-state index is -4.82. The second kappa shape index (κ2) is 10.8. The molecule has 4 rings (SSSR count). The summed E-state index contributed by atoms with van der Waals surface area (Å²) in [6.07, 6.45) is -2.21. The van der Waals surface area contributed by atoms with Crippen molar-refractivity contribution in [3.63, 3.8) is 0 Å². The van der Waals surface area contributed by atoms with Gasteiger partial charge in [-0.3, -0.25) is 4.79 Å². The summed E-state index contributed by atoms with van der Waals surface area (Å²) >= 11 is 0. The van der Waals surface area contributed by atoms with E-state index in [2.05, 4.69) is 15.3 Å². The minimum Gasteiger partial charge on any atom is -0.354 e. The van der Waals surface area contributed by atoms with Crippen LogP contribution in [-0.4, -0.2) is 49.7 Å². The molecule has 12 heteroatoms. The zero-order valence-corrected chi connectivity index (χ0v) is 21.2. The molecule has 3 aromatic rings. The van der Waals surface area contributed by atoms with Crippen molar-refractivity contribution in [3.8, 4) is 17.3 Å². The van der Waals surface area contributed by atoms with Crippen molar-refractivity contribution < 1.29 is 26.4 Å². The second-order valence-electron chi connectivity index (χ2n) is 8.93. The summed E-state index contributed by atoms with van der Waals surface area (Å²) in [7, 11) is -3.48. The molecule has 0 aliphatic carbocycles. The number of nitriles is 1. The molecular formula is C26H24F3N5O3S. The largest absolute Gasteiger partial charge is 0.451 e. The predicted octanol–water partition coefficient (Wildman–Crippen LogP) is 3.77. The number of aromatic nitrogens is 2. The van der Waals surface area contributed by atoms with Gasteiger partial charge in [-0.15, -0.1) is 0 Å². The lowest BCUT2D eigenvalue weighted by Crippen LogP contribution is -2.44. The van der Waals surface area contributed by atoms with Gasteiger partial charge in [0.25, 0.3) is 0 Å². The van der Waals surface area contributed by atoms with Gasteiger partial charge in [-0.05, 0) is 49.1 Å². The van der Waals surface area contributed by atoms with Crippen LogP contribution < -0.4 is 10.2 Å². The third-order valence-corrected chi connectivity index (χ3v) is 7.32. The SMILES string of the molecule is CS(=O)(=O)c1ccc(-c2cc(N3CCC[C@H]3C(=O)NCCc3ccc(C#N)cc3)nc(C(F)(F)F)n2)cc1. The van der Waals surface area contributed by atoms with Crippen LogP contribution in [-0.2, 0) is 27.2 Å². The molecule has 2 aromatic carbocycles. The average molecular weight is 544 g/mol. The lowest BCUT2D eigenvalue weighted by atomic mass is 10.1. The zero-order valence-electron chi connectivity index (χ0n) is 20.4. The number of sulfone groups is 1. The molecule has 1 aliphatic heterocycles. The van der Waals surface area contributed by atoms with Gasteiger partial charge in [0.1, 0.15) is 11.9 Å². The first-order chi connectivity index (χ1) is 18.0. The van der Waals surface area contributed by atoms with E-state index in [0.29, 0.717) is 37.9 Å². The van der Waals surface area contributed by atoms with Gasteiger partial charge in [0.15, 0.2) is 9.84 Å². The van der Waals surface area contributed by atoms with Crippen molar-refractivity contribution >= 4 is 21.6 Å². The highest BCUT2D eigenvalue weighted by Crippen LogP contribution is 2.33. The number of carbonyl (C=O) groups is 1. The maximum atomic E-state index is 13.7. The molecule has 1 aromatic heterocycles. The van der Waals surface area contributed by atoms with Crippen LogP contribution in [0.5, 0.6) is 0 Å². The standard InChI is InChI=1S/C26H24F3N5O3S/c1-38(36,37)20-10-8-19(9-11-20)21-15-23(33-25(32-21)26(27,28)29)34-14-2-3-22(34)24(35)31-13-12-17-4-6-18(16-30)7-5-17/h4-11,15,22H,2-3,12-14H2,1H3,(H,31,35)/t22-/m0/s1. The maximum Gasteiger partial charge on any atom is 0.451 e. The van der Waals surface area contributed by atoms with Gasteiger partial charge in [-0.25, -0.2) is 18.4 Å². The van der Waals surface area contributed by atoms with E-state index >= 15 is 0 Å². The molecule has 0 radical (unpaired) electrons. The number of nitrogens with one attached hydrogen (secondary N) is 1. The van der Waals surface area contributed by atoms with E-state index in [1.165, 1.54) is 30.3 Å². The number of hydrogen-bond donors (Lipinski definition) is 1. The van der Waals surface area contributed by atoms with Crippen molar-refractivity contribution in [1.29, 1.82) is 5.26 Å². The molecule has 1 amide bonds. The monoisotopic (exact) mass is 543 g/mol. The summed E-state index contributed by atoms with van der Waals surface area (Å²) in [6, 6.07) is 15.1. The van der Waals surface area contributed by atoms with Crippen LogP contribution >= 0.6 is 0 Å². The van der Waals surface area contributed by atoms with Crippen molar-refractivity contribution in [3.05, 3.63) is 71.5 Å². The average Bonchev–Trinajstić information content (AvgIpc) is 3.38. The van der Waals surface area contributed by atoms with Crippen LogP contribution in [0.25, 0.3) is 11.3 Å². The van der Waals surface area contributed by atoms with Gasteiger partial charge in [-0.1, -0.05) is 24.3 Å². The number of benzene rings is 2. The Labute approximate surface area is 218 Å². The van der Waals surface area contributed by atoms with Crippen LogP contribution in [0.2, 0.25) is 0 Å². The van der Waals surface area contributed by atoms with E-state index in [1.807, 2.05) is 6.07 Å². The smallest absolute Gasteiger partial charge is 0.354 e. The Morgan fingerprint density at radius 3 is 2.42 bits per heavy atom. The summed E-state index contributed by atoms with van der Waals surface area (Å²) in [6.45, 7) is 0.666. The summed E-state index contributed by atoms with van der Waals surface area (Å²) in [5.74, 6) is -1.69. The number of anilines is 1. The van der Waals surface area contributed by atoms with Crippen molar-refractivity contribution in [2.75, 3.05) is 24.2 Å². The van der Waals surface area contributed by atoms with Gasteiger partial charge in [-0.2, -0.15) is 18.4 Å². The molecule has 198 valence electrons. The highest BCUT2D eigenvalue weighted by Gasteiger charge is 2.38. The van der Waals surface area contributed by atoms with Crippen molar-refractivity contribution in [2.24, 2.45) is 0 Å². The Morgan fingerprint density at radius 1 is 1.13 bits per heavy atom. The van der Waals surface area contributed by atoms with E-state index in [1.54, 1.807) is 29.2 Å². The number of alkyl halides is 3.